The first-order valence-electron chi connectivity index (χ1n) is 10.4. The first-order valence-corrected chi connectivity index (χ1v) is 11.3. The van der Waals surface area contributed by atoms with Gasteiger partial charge in [0.25, 0.3) is 5.91 Å². The van der Waals surface area contributed by atoms with Gasteiger partial charge in [-0.25, -0.2) is 4.98 Å². The van der Waals surface area contributed by atoms with Crippen LogP contribution >= 0.6 is 11.3 Å². The van der Waals surface area contributed by atoms with Crippen molar-refractivity contribution < 1.29 is 23.1 Å². The highest BCUT2D eigenvalue weighted by Gasteiger charge is 2.51. The molecular formula is C22H26F3N3O2S. The maximum absolute atomic E-state index is 13.3. The van der Waals surface area contributed by atoms with Crippen molar-refractivity contribution in [3.05, 3.63) is 52.0 Å². The van der Waals surface area contributed by atoms with Crippen molar-refractivity contribution in [2.45, 2.75) is 74.8 Å². The molecule has 1 heterocycles. The average molecular weight is 454 g/mol. The molecular weight excluding hydrogens is 427 g/mol. The number of thiazole rings is 1. The number of nitrogens with zero attached hydrogens (tertiary/aromatic N) is 2. The van der Waals surface area contributed by atoms with Crippen LogP contribution in [0.4, 0.5) is 13.2 Å². The van der Waals surface area contributed by atoms with E-state index in [1.165, 1.54) is 24.3 Å². The summed E-state index contributed by atoms with van der Waals surface area (Å²) >= 11 is 1.55. The number of hydrogen-bond donors (Lipinski definition) is 2. The highest BCUT2D eigenvalue weighted by atomic mass is 32.1. The molecule has 0 aliphatic heterocycles. The van der Waals surface area contributed by atoms with Crippen molar-refractivity contribution in [1.29, 1.82) is 0 Å². The Morgan fingerprint density at radius 2 is 1.74 bits per heavy atom. The summed E-state index contributed by atoms with van der Waals surface area (Å²) in [4.78, 5) is 19.5. The number of rotatable bonds is 5. The second-order valence-electron chi connectivity index (χ2n) is 8.82. The molecule has 1 aromatic carbocycles. The number of hydrogen-bond acceptors (Lipinski definition) is 5. The topological polar surface area (TPSA) is 79.5 Å². The molecule has 5 nitrogen and oxygen atoms in total. The molecule has 0 spiro atoms. The SMILES string of the molecule is C[C@](O)(c1ccc(C(=O)N(C2CC2)C2CCC(N)(c3nccs3)CC2)cc1)C(F)(F)F. The third-order valence-corrected chi connectivity index (χ3v) is 7.51. The van der Waals surface area contributed by atoms with Gasteiger partial charge in [-0.3, -0.25) is 4.79 Å². The minimum atomic E-state index is -4.80. The molecule has 1 atom stereocenters. The van der Waals surface area contributed by atoms with Gasteiger partial charge >= 0.3 is 6.18 Å². The Kier molecular flexibility index (Phi) is 5.64. The van der Waals surface area contributed by atoms with Gasteiger partial charge in [0.05, 0.1) is 5.54 Å². The van der Waals surface area contributed by atoms with Gasteiger partial charge in [-0.1, -0.05) is 12.1 Å². The molecule has 0 radical (unpaired) electrons. The van der Waals surface area contributed by atoms with Gasteiger partial charge < -0.3 is 15.7 Å². The maximum Gasteiger partial charge on any atom is 0.421 e. The van der Waals surface area contributed by atoms with Gasteiger partial charge in [0.1, 0.15) is 5.01 Å². The Morgan fingerprint density at radius 3 is 2.23 bits per heavy atom. The lowest BCUT2D eigenvalue weighted by molar-refractivity contribution is -0.258. The van der Waals surface area contributed by atoms with Gasteiger partial charge in [-0.15, -0.1) is 11.3 Å². The molecule has 2 aliphatic rings. The number of aliphatic hydroxyl groups is 1. The Bertz CT molecular complexity index is 916. The van der Waals surface area contributed by atoms with Gasteiger partial charge in [-0.05, 0) is 63.1 Å². The molecule has 2 saturated carbocycles. The van der Waals surface area contributed by atoms with Crippen molar-refractivity contribution in [3.63, 3.8) is 0 Å². The van der Waals surface area contributed by atoms with E-state index in [0.29, 0.717) is 12.5 Å². The predicted octanol–water partition coefficient (Wildman–Crippen LogP) is 4.31. The van der Waals surface area contributed by atoms with E-state index >= 15 is 0 Å². The zero-order valence-electron chi connectivity index (χ0n) is 17.2. The van der Waals surface area contributed by atoms with Crippen LogP contribution in [0.5, 0.6) is 0 Å². The normalized spacial score (nSPS) is 26.3. The minimum Gasteiger partial charge on any atom is -0.376 e. The Balaban J connectivity index is 1.49. The van der Waals surface area contributed by atoms with Crippen LogP contribution in [0.25, 0.3) is 0 Å². The number of carbonyl (C=O) groups excluding carboxylic acids is 1. The van der Waals surface area contributed by atoms with E-state index < -0.39 is 17.3 Å². The summed E-state index contributed by atoms with van der Waals surface area (Å²) < 4.78 is 39.3. The summed E-state index contributed by atoms with van der Waals surface area (Å²) in [6.45, 7) is 0.712. The Hall–Kier alpha value is -1.97. The number of aromatic nitrogens is 1. The monoisotopic (exact) mass is 453 g/mol. The highest BCUT2D eigenvalue weighted by molar-refractivity contribution is 7.09. The highest BCUT2D eigenvalue weighted by Crippen LogP contribution is 2.42. The number of carbonyl (C=O) groups is 1. The van der Waals surface area contributed by atoms with Crippen LogP contribution in [0.15, 0.2) is 35.8 Å². The number of alkyl halides is 3. The molecule has 0 unspecified atom stereocenters. The zero-order valence-corrected chi connectivity index (χ0v) is 18.0. The van der Waals surface area contributed by atoms with E-state index in [4.69, 9.17) is 5.73 Å². The van der Waals surface area contributed by atoms with Gasteiger partial charge in [0.15, 0.2) is 5.60 Å². The summed E-state index contributed by atoms with van der Waals surface area (Å²) in [5.41, 5.74) is 3.20. The number of amides is 1. The van der Waals surface area contributed by atoms with Crippen molar-refractivity contribution >= 4 is 17.2 Å². The first-order chi connectivity index (χ1) is 14.5. The second kappa shape index (κ2) is 7.86. The van der Waals surface area contributed by atoms with Crippen LogP contribution in [0.1, 0.15) is 66.4 Å². The van der Waals surface area contributed by atoms with E-state index in [-0.39, 0.29) is 23.6 Å². The van der Waals surface area contributed by atoms with Gasteiger partial charge in [-0.2, -0.15) is 13.2 Å². The third kappa shape index (κ3) is 4.23. The van der Waals surface area contributed by atoms with Gasteiger partial charge in [0.2, 0.25) is 0 Å². The molecule has 31 heavy (non-hydrogen) atoms. The molecule has 0 bridgehead atoms. The largest absolute Gasteiger partial charge is 0.421 e. The van der Waals surface area contributed by atoms with Crippen LogP contribution < -0.4 is 5.73 Å². The first kappa shape index (κ1) is 22.2. The molecule has 4 rings (SSSR count). The molecule has 3 N–H and O–H groups in total. The maximum atomic E-state index is 13.3. The summed E-state index contributed by atoms with van der Waals surface area (Å²) in [6, 6.07) is 5.33. The van der Waals surface area contributed by atoms with Crippen LogP contribution in [-0.2, 0) is 11.1 Å². The Morgan fingerprint density at radius 1 is 1.16 bits per heavy atom. The molecule has 9 heteroatoms. The van der Waals surface area contributed by atoms with Gasteiger partial charge in [0, 0.05) is 29.2 Å². The summed E-state index contributed by atoms with van der Waals surface area (Å²) in [7, 11) is 0. The van der Waals surface area contributed by atoms with E-state index in [2.05, 4.69) is 4.98 Å². The lowest BCUT2D eigenvalue weighted by Gasteiger charge is -2.41. The fourth-order valence-corrected chi connectivity index (χ4v) is 5.12. The zero-order chi connectivity index (χ0) is 22.4. The number of nitrogens with two attached hydrogens (primary N) is 1. The minimum absolute atomic E-state index is 0.0506. The van der Waals surface area contributed by atoms with Crippen LogP contribution in [0.2, 0.25) is 0 Å². The smallest absolute Gasteiger partial charge is 0.376 e. The summed E-state index contributed by atoms with van der Waals surface area (Å²) in [5.74, 6) is -0.176. The number of halogens is 3. The predicted molar refractivity (Wildman–Crippen MR) is 111 cm³/mol. The van der Waals surface area contributed by atoms with Crippen molar-refractivity contribution in [2.24, 2.45) is 5.73 Å². The fourth-order valence-electron chi connectivity index (χ4n) is 4.31. The van der Waals surface area contributed by atoms with Crippen LogP contribution in [-0.4, -0.2) is 39.2 Å². The Labute approximate surface area is 183 Å². The van der Waals surface area contributed by atoms with Crippen molar-refractivity contribution in [2.75, 3.05) is 0 Å². The van der Waals surface area contributed by atoms with Crippen LogP contribution in [0.3, 0.4) is 0 Å². The molecule has 2 aromatic rings. The average Bonchev–Trinajstić information content (AvgIpc) is 3.39. The second-order valence-corrected chi connectivity index (χ2v) is 9.71. The van der Waals surface area contributed by atoms with E-state index in [1.807, 2.05) is 10.3 Å². The molecule has 2 aliphatic carbocycles. The van der Waals surface area contributed by atoms with E-state index in [9.17, 15) is 23.1 Å². The molecule has 168 valence electrons. The quantitative estimate of drug-likeness (QED) is 0.707. The number of benzene rings is 1. The summed E-state index contributed by atoms with van der Waals surface area (Å²) in [6.07, 6.45) is 1.81. The fraction of sp³-hybridized carbons (Fsp3) is 0.545. The third-order valence-electron chi connectivity index (χ3n) is 6.52. The lowest BCUT2D eigenvalue weighted by Crippen LogP contribution is -2.49. The van der Waals surface area contributed by atoms with Crippen LogP contribution in [0, 0.1) is 0 Å². The molecule has 1 aromatic heterocycles. The molecule has 1 amide bonds. The van der Waals surface area contributed by atoms with E-state index in [1.54, 1.807) is 17.5 Å². The van der Waals surface area contributed by atoms with E-state index in [0.717, 1.165) is 43.5 Å². The standard InChI is InChI=1S/C22H26F3N3O2S/c1-20(30,22(23,24)25)15-4-2-14(3-5-15)18(29)28(16-6-7-16)17-8-10-21(26,11-9-17)19-27-12-13-31-19/h2-5,12-13,16-17,30H,6-11,26H2,1H3/t17?,20-,21?/m0/s1. The van der Waals surface area contributed by atoms with Crippen molar-refractivity contribution in [1.82, 2.24) is 9.88 Å². The molecule has 2 fully saturated rings. The summed E-state index contributed by atoms with van der Waals surface area (Å²) in [5, 5.41) is 12.7. The lowest BCUT2D eigenvalue weighted by atomic mass is 9.79. The van der Waals surface area contributed by atoms with Crippen molar-refractivity contribution in [3.8, 4) is 0 Å². The molecule has 0 saturated heterocycles.